The maximum atomic E-state index is 13.3. The van der Waals surface area contributed by atoms with Crippen LogP contribution in [0.1, 0.15) is 47.6 Å². The third-order valence-electron chi connectivity index (χ3n) is 6.04. The van der Waals surface area contributed by atoms with Gasteiger partial charge in [-0.2, -0.15) is 0 Å². The van der Waals surface area contributed by atoms with E-state index >= 15 is 0 Å². The number of ether oxygens (including phenoxy) is 1. The van der Waals surface area contributed by atoms with Gasteiger partial charge in [-0.25, -0.2) is 4.39 Å². The number of nitrogens with zero attached hydrogens (tertiary/aromatic N) is 1. The normalized spacial score (nSPS) is 17.3. The van der Waals surface area contributed by atoms with Crippen LogP contribution >= 0.6 is 0 Å². The molecule has 1 unspecified atom stereocenters. The molecule has 1 saturated heterocycles. The van der Waals surface area contributed by atoms with E-state index in [1.165, 1.54) is 17.0 Å². The van der Waals surface area contributed by atoms with Crippen molar-refractivity contribution in [2.45, 2.75) is 39.7 Å². The Bertz CT molecular complexity index is 1270. The number of aliphatic hydroxyl groups excluding tert-OH is 1. The van der Waals surface area contributed by atoms with Gasteiger partial charge in [0.1, 0.15) is 34.9 Å². The Morgan fingerprint density at radius 3 is 2.46 bits per heavy atom. The highest BCUT2D eigenvalue weighted by Crippen LogP contribution is 2.40. The van der Waals surface area contributed by atoms with E-state index in [4.69, 9.17) is 9.15 Å². The number of furan rings is 1. The van der Waals surface area contributed by atoms with Crippen molar-refractivity contribution in [1.82, 2.24) is 4.90 Å². The lowest BCUT2D eigenvalue weighted by Crippen LogP contribution is -2.31. The number of likely N-dealkylation sites (tertiary alicyclic amines) is 1. The topological polar surface area (TPSA) is 80.0 Å². The molecule has 1 aliphatic heterocycles. The van der Waals surface area contributed by atoms with Crippen molar-refractivity contribution in [1.29, 1.82) is 0 Å². The van der Waals surface area contributed by atoms with Gasteiger partial charge in [0.25, 0.3) is 11.7 Å². The van der Waals surface area contributed by atoms with Crippen LogP contribution in [-0.2, 0) is 16.0 Å². The van der Waals surface area contributed by atoms with Gasteiger partial charge < -0.3 is 19.2 Å². The number of benzene rings is 2. The van der Waals surface area contributed by atoms with Crippen LogP contribution in [0.15, 0.2) is 64.6 Å². The van der Waals surface area contributed by atoms with Crippen molar-refractivity contribution in [2.75, 3.05) is 13.2 Å². The molecule has 2 heterocycles. The fourth-order valence-electron chi connectivity index (χ4n) is 4.23. The summed E-state index contributed by atoms with van der Waals surface area (Å²) in [5, 5.41) is 11.2. The number of carbonyl (C=O) groups is 2. The van der Waals surface area contributed by atoms with E-state index in [9.17, 15) is 19.1 Å². The zero-order chi connectivity index (χ0) is 25.1. The van der Waals surface area contributed by atoms with Gasteiger partial charge in [0.2, 0.25) is 0 Å². The number of aliphatic hydroxyl groups is 1. The molecule has 35 heavy (non-hydrogen) atoms. The van der Waals surface area contributed by atoms with Crippen LogP contribution in [0.2, 0.25) is 0 Å². The lowest BCUT2D eigenvalue weighted by Gasteiger charge is -2.23. The van der Waals surface area contributed by atoms with Gasteiger partial charge in [0.05, 0.1) is 12.2 Å². The molecular formula is C28H28FNO5. The second-order valence-corrected chi connectivity index (χ2v) is 8.65. The minimum atomic E-state index is -0.875. The smallest absolute Gasteiger partial charge is 0.295 e. The molecule has 1 amide bonds. The lowest BCUT2D eigenvalue weighted by molar-refractivity contribution is -0.140. The summed E-state index contributed by atoms with van der Waals surface area (Å²) >= 11 is 0. The number of hydrogen-bond acceptors (Lipinski definition) is 5. The quantitative estimate of drug-likeness (QED) is 0.264. The molecule has 1 aliphatic rings. The standard InChI is InChI=1S/C28H28FNO5/c1-4-15-34-22-12-8-20(16-17(22)2)26(31)24-25(23-11-5-18(3)35-23)30(28(33)27(24)32)14-13-19-6-9-21(29)10-7-19/h5-12,16,25,31H,4,13-15H2,1-3H3/b26-24-. The van der Waals surface area contributed by atoms with Crippen LogP contribution in [0.4, 0.5) is 4.39 Å². The second-order valence-electron chi connectivity index (χ2n) is 8.65. The van der Waals surface area contributed by atoms with Gasteiger partial charge in [-0.15, -0.1) is 0 Å². The first kappa shape index (κ1) is 24.3. The third kappa shape index (κ3) is 4.99. The van der Waals surface area contributed by atoms with Crippen LogP contribution in [0.25, 0.3) is 5.76 Å². The Morgan fingerprint density at radius 1 is 1.09 bits per heavy atom. The van der Waals surface area contributed by atoms with Crippen LogP contribution in [0.5, 0.6) is 5.75 Å². The Labute approximate surface area is 203 Å². The first-order valence-electron chi connectivity index (χ1n) is 11.6. The Hall–Kier alpha value is -3.87. The monoisotopic (exact) mass is 477 g/mol. The van der Waals surface area contributed by atoms with E-state index in [1.807, 2.05) is 13.8 Å². The van der Waals surface area contributed by atoms with Crippen LogP contribution in [0, 0.1) is 19.7 Å². The third-order valence-corrected chi connectivity index (χ3v) is 6.04. The number of hydrogen-bond donors (Lipinski definition) is 1. The number of ketones is 1. The van der Waals surface area contributed by atoms with E-state index in [2.05, 4.69) is 0 Å². The highest BCUT2D eigenvalue weighted by molar-refractivity contribution is 6.46. The molecule has 0 radical (unpaired) electrons. The summed E-state index contributed by atoms with van der Waals surface area (Å²) in [6.07, 6.45) is 1.28. The van der Waals surface area contributed by atoms with E-state index in [0.29, 0.717) is 35.9 Å². The van der Waals surface area contributed by atoms with Gasteiger partial charge in [0.15, 0.2) is 0 Å². The molecule has 7 heteroatoms. The predicted octanol–water partition coefficient (Wildman–Crippen LogP) is 5.49. The summed E-state index contributed by atoms with van der Waals surface area (Å²) < 4.78 is 24.8. The number of aryl methyl sites for hydroxylation is 2. The molecule has 1 atom stereocenters. The summed E-state index contributed by atoms with van der Waals surface area (Å²) in [5.74, 6) is -0.392. The largest absolute Gasteiger partial charge is 0.507 e. The molecule has 0 bridgehead atoms. The Balaban J connectivity index is 1.72. The average Bonchev–Trinajstić information content (AvgIpc) is 3.38. The summed E-state index contributed by atoms with van der Waals surface area (Å²) in [7, 11) is 0. The van der Waals surface area contributed by atoms with E-state index < -0.39 is 17.7 Å². The van der Waals surface area contributed by atoms with Gasteiger partial charge in [-0.1, -0.05) is 19.1 Å². The van der Waals surface area contributed by atoms with Gasteiger partial charge >= 0.3 is 0 Å². The summed E-state index contributed by atoms with van der Waals surface area (Å²) in [4.78, 5) is 27.6. The van der Waals surface area contributed by atoms with Crippen LogP contribution in [0.3, 0.4) is 0 Å². The van der Waals surface area contributed by atoms with Crippen molar-refractivity contribution in [3.63, 3.8) is 0 Å². The maximum absolute atomic E-state index is 13.3. The molecule has 4 rings (SSSR count). The summed E-state index contributed by atoms with van der Waals surface area (Å²) in [6, 6.07) is 13.7. The first-order valence-corrected chi connectivity index (χ1v) is 11.6. The van der Waals surface area contributed by atoms with Crippen LogP contribution in [-0.4, -0.2) is 34.8 Å². The van der Waals surface area contributed by atoms with Crippen molar-refractivity contribution in [2.24, 2.45) is 0 Å². The number of Topliss-reactive ketones (excluding diaryl/α,β-unsaturated/α-hetero) is 1. The number of carbonyl (C=O) groups excluding carboxylic acids is 2. The van der Waals surface area contributed by atoms with E-state index in [0.717, 1.165) is 17.5 Å². The zero-order valence-corrected chi connectivity index (χ0v) is 20.0. The molecule has 1 aromatic heterocycles. The molecule has 0 saturated carbocycles. The molecule has 2 aromatic carbocycles. The first-order chi connectivity index (χ1) is 16.8. The maximum Gasteiger partial charge on any atom is 0.295 e. The minimum Gasteiger partial charge on any atom is -0.507 e. The Kier molecular flexibility index (Phi) is 7.05. The summed E-state index contributed by atoms with van der Waals surface area (Å²) in [6.45, 7) is 6.41. The fourth-order valence-corrected chi connectivity index (χ4v) is 4.23. The average molecular weight is 478 g/mol. The van der Waals surface area contributed by atoms with Gasteiger partial charge in [-0.05, 0) is 80.3 Å². The van der Waals surface area contributed by atoms with Gasteiger partial charge in [0, 0.05) is 12.1 Å². The SMILES string of the molecule is CCCOc1ccc(/C(O)=C2/C(=O)C(=O)N(CCc3ccc(F)cc3)C2c2ccc(C)o2)cc1C. The highest BCUT2D eigenvalue weighted by atomic mass is 19.1. The van der Waals surface area contributed by atoms with Crippen LogP contribution < -0.4 is 4.74 Å². The predicted molar refractivity (Wildman–Crippen MR) is 130 cm³/mol. The van der Waals surface area contributed by atoms with Crippen molar-refractivity contribution in [3.05, 3.63) is 94.2 Å². The molecule has 182 valence electrons. The number of rotatable bonds is 8. The fraction of sp³-hybridized carbons (Fsp3) is 0.286. The van der Waals surface area contributed by atoms with Gasteiger partial charge in [-0.3, -0.25) is 9.59 Å². The number of amides is 1. The van der Waals surface area contributed by atoms with Crippen molar-refractivity contribution >= 4 is 17.4 Å². The molecule has 6 nitrogen and oxygen atoms in total. The molecular weight excluding hydrogens is 449 g/mol. The van der Waals surface area contributed by atoms with E-state index in [1.54, 1.807) is 49.4 Å². The molecule has 1 fully saturated rings. The molecule has 0 aliphatic carbocycles. The molecule has 0 spiro atoms. The minimum absolute atomic E-state index is 0.0231. The Morgan fingerprint density at radius 2 is 1.83 bits per heavy atom. The van der Waals surface area contributed by atoms with Crippen molar-refractivity contribution < 1.29 is 28.2 Å². The van der Waals surface area contributed by atoms with Crippen molar-refractivity contribution in [3.8, 4) is 5.75 Å². The second kappa shape index (κ2) is 10.2. The lowest BCUT2D eigenvalue weighted by atomic mass is 9.98. The zero-order valence-electron chi connectivity index (χ0n) is 20.0. The molecule has 3 aromatic rings. The van der Waals surface area contributed by atoms with E-state index in [-0.39, 0.29) is 23.7 Å². The molecule has 1 N–H and O–H groups in total. The number of halogens is 1. The summed E-state index contributed by atoms with van der Waals surface area (Å²) in [5.41, 5.74) is 2.01. The highest BCUT2D eigenvalue weighted by Gasteiger charge is 2.47.